The minimum atomic E-state index is -0.0915. The Balaban J connectivity index is 2.08. The number of ether oxygens (including phenoxy) is 1. The van der Waals surface area contributed by atoms with Crippen molar-refractivity contribution in [3.05, 3.63) is 16.1 Å². The van der Waals surface area contributed by atoms with E-state index in [1.54, 1.807) is 16.7 Å². The molecule has 0 bridgehead atoms. The minimum absolute atomic E-state index is 0.0109. The molecule has 0 saturated carbocycles. The summed E-state index contributed by atoms with van der Waals surface area (Å²) in [5, 5.41) is 2.85. The van der Waals surface area contributed by atoms with E-state index in [1.807, 2.05) is 0 Å². The van der Waals surface area contributed by atoms with Gasteiger partial charge in [-0.05, 0) is 12.8 Å². The lowest BCUT2D eigenvalue weighted by atomic mass is 10.0. The van der Waals surface area contributed by atoms with Gasteiger partial charge in [-0.25, -0.2) is 4.98 Å². The number of aromatic nitrogens is 1. The number of carbonyl (C=O) groups excluding carboxylic acids is 1. The highest BCUT2D eigenvalue weighted by Crippen LogP contribution is 2.29. The largest absolute Gasteiger partial charge is 0.381 e. The number of halogens is 1. The Hall–Kier alpha value is -0.450. The van der Waals surface area contributed by atoms with Crippen molar-refractivity contribution in [2.24, 2.45) is 0 Å². The third-order valence-electron chi connectivity index (χ3n) is 2.50. The van der Waals surface area contributed by atoms with Crippen molar-refractivity contribution in [1.29, 1.82) is 0 Å². The SMILES string of the molecule is O=C(CCl)c1csc(C2CCOCC2)n1. The molecular formula is C10H12ClNO2S. The third-order valence-corrected chi connectivity index (χ3v) is 3.75. The number of Topliss-reactive ketones (excluding diaryl/α,β-unsaturated/α-hetero) is 1. The summed E-state index contributed by atoms with van der Waals surface area (Å²) >= 11 is 7.03. The monoisotopic (exact) mass is 245 g/mol. The van der Waals surface area contributed by atoms with Gasteiger partial charge >= 0.3 is 0 Å². The summed E-state index contributed by atoms with van der Waals surface area (Å²) in [5.74, 6) is 0.378. The van der Waals surface area contributed by atoms with Crippen LogP contribution in [0.15, 0.2) is 5.38 Å². The molecule has 0 spiro atoms. The van der Waals surface area contributed by atoms with Gasteiger partial charge in [-0.2, -0.15) is 0 Å². The van der Waals surface area contributed by atoms with Gasteiger partial charge in [0.1, 0.15) is 5.69 Å². The highest BCUT2D eigenvalue weighted by atomic mass is 35.5. The first-order valence-electron chi connectivity index (χ1n) is 4.93. The predicted octanol–water partition coefficient (Wildman–Crippen LogP) is 2.46. The Morgan fingerprint density at radius 1 is 1.60 bits per heavy atom. The number of rotatable bonds is 3. The van der Waals surface area contributed by atoms with E-state index in [2.05, 4.69) is 4.98 Å². The van der Waals surface area contributed by atoms with E-state index in [0.29, 0.717) is 11.6 Å². The normalized spacial score (nSPS) is 17.9. The van der Waals surface area contributed by atoms with Crippen molar-refractivity contribution in [3.63, 3.8) is 0 Å². The molecule has 0 aliphatic carbocycles. The van der Waals surface area contributed by atoms with Gasteiger partial charge in [-0.1, -0.05) is 0 Å². The number of ketones is 1. The molecule has 1 aromatic heterocycles. The fraction of sp³-hybridized carbons (Fsp3) is 0.600. The zero-order chi connectivity index (χ0) is 10.7. The van der Waals surface area contributed by atoms with Gasteiger partial charge in [0, 0.05) is 24.5 Å². The first-order chi connectivity index (χ1) is 7.31. The van der Waals surface area contributed by atoms with Crippen LogP contribution in [0, 0.1) is 0 Å². The molecule has 1 fully saturated rings. The quantitative estimate of drug-likeness (QED) is 0.607. The molecule has 0 N–H and O–H groups in total. The van der Waals surface area contributed by atoms with Crippen LogP contribution in [0.1, 0.15) is 34.3 Å². The van der Waals surface area contributed by atoms with Gasteiger partial charge < -0.3 is 4.74 Å². The van der Waals surface area contributed by atoms with Crippen LogP contribution in [0.2, 0.25) is 0 Å². The lowest BCUT2D eigenvalue weighted by Crippen LogP contribution is -2.14. The standard InChI is InChI=1S/C10H12ClNO2S/c11-5-9(13)8-6-15-10(12-8)7-1-3-14-4-2-7/h6-7H,1-5H2. The highest BCUT2D eigenvalue weighted by molar-refractivity contribution is 7.10. The summed E-state index contributed by atoms with van der Waals surface area (Å²) in [7, 11) is 0. The maximum absolute atomic E-state index is 11.3. The summed E-state index contributed by atoms with van der Waals surface area (Å²) in [4.78, 5) is 15.6. The molecular weight excluding hydrogens is 234 g/mol. The molecule has 1 saturated heterocycles. The van der Waals surface area contributed by atoms with Crippen molar-refractivity contribution in [1.82, 2.24) is 4.98 Å². The Kier molecular flexibility index (Phi) is 3.72. The Bertz CT molecular complexity index is 347. The molecule has 1 aromatic rings. The summed E-state index contributed by atoms with van der Waals surface area (Å²) < 4.78 is 5.29. The Morgan fingerprint density at radius 3 is 3.00 bits per heavy atom. The van der Waals surface area contributed by atoms with E-state index in [9.17, 15) is 4.79 Å². The molecule has 3 nitrogen and oxygen atoms in total. The molecule has 0 unspecified atom stereocenters. The number of thiazole rings is 1. The molecule has 1 aliphatic heterocycles. The lowest BCUT2D eigenvalue weighted by Gasteiger charge is -2.19. The van der Waals surface area contributed by atoms with E-state index >= 15 is 0 Å². The maximum atomic E-state index is 11.3. The van der Waals surface area contributed by atoms with Crippen LogP contribution in [-0.2, 0) is 4.74 Å². The smallest absolute Gasteiger partial charge is 0.196 e. The number of nitrogens with zero attached hydrogens (tertiary/aromatic N) is 1. The topological polar surface area (TPSA) is 39.2 Å². The van der Waals surface area contributed by atoms with Crippen LogP contribution in [0.3, 0.4) is 0 Å². The summed E-state index contributed by atoms with van der Waals surface area (Å²) in [6, 6.07) is 0. The zero-order valence-electron chi connectivity index (χ0n) is 8.24. The average molecular weight is 246 g/mol. The van der Waals surface area contributed by atoms with E-state index in [4.69, 9.17) is 16.3 Å². The fourth-order valence-corrected chi connectivity index (χ4v) is 2.75. The maximum Gasteiger partial charge on any atom is 0.196 e. The average Bonchev–Trinajstić information content (AvgIpc) is 2.78. The zero-order valence-corrected chi connectivity index (χ0v) is 9.81. The molecule has 2 heterocycles. The molecule has 2 rings (SSSR count). The minimum Gasteiger partial charge on any atom is -0.381 e. The van der Waals surface area contributed by atoms with Gasteiger partial charge in [0.15, 0.2) is 5.78 Å². The molecule has 1 aliphatic rings. The third kappa shape index (κ3) is 2.56. The van der Waals surface area contributed by atoms with Crippen LogP contribution in [0.4, 0.5) is 0 Å². The van der Waals surface area contributed by atoms with Crippen LogP contribution < -0.4 is 0 Å². The highest BCUT2D eigenvalue weighted by Gasteiger charge is 2.20. The van der Waals surface area contributed by atoms with Crippen molar-refractivity contribution >= 4 is 28.7 Å². The lowest BCUT2D eigenvalue weighted by molar-refractivity contribution is 0.0852. The molecule has 0 aromatic carbocycles. The first-order valence-corrected chi connectivity index (χ1v) is 6.35. The second kappa shape index (κ2) is 5.05. The van der Waals surface area contributed by atoms with Gasteiger partial charge in [0.2, 0.25) is 0 Å². The van der Waals surface area contributed by atoms with Crippen molar-refractivity contribution in [2.75, 3.05) is 19.1 Å². The van der Waals surface area contributed by atoms with Crippen molar-refractivity contribution in [2.45, 2.75) is 18.8 Å². The second-order valence-electron chi connectivity index (χ2n) is 3.51. The van der Waals surface area contributed by atoms with Crippen LogP contribution in [0.5, 0.6) is 0 Å². The number of carbonyl (C=O) groups is 1. The van der Waals surface area contributed by atoms with Gasteiger partial charge in [-0.3, -0.25) is 4.79 Å². The van der Waals surface area contributed by atoms with Gasteiger partial charge in [0.25, 0.3) is 0 Å². The van der Waals surface area contributed by atoms with Gasteiger partial charge in [0.05, 0.1) is 10.9 Å². The van der Waals surface area contributed by atoms with Crippen LogP contribution in [0.25, 0.3) is 0 Å². The van der Waals surface area contributed by atoms with Crippen LogP contribution >= 0.6 is 22.9 Å². The van der Waals surface area contributed by atoms with E-state index in [1.165, 1.54) is 0 Å². The molecule has 0 radical (unpaired) electrons. The Morgan fingerprint density at radius 2 is 2.33 bits per heavy atom. The Labute approximate surface area is 97.4 Å². The number of hydrogen-bond acceptors (Lipinski definition) is 4. The second-order valence-corrected chi connectivity index (χ2v) is 4.67. The predicted molar refractivity (Wildman–Crippen MR) is 60.0 cm³/mol. The summed E-state index contributed by atoms with van der Waals surface area (Å²) in [6.07, 6.45) is 2.00. The molecule has 0 amide bonds. The van der Waals surface area contributed by atoms with E-state index < -0.39 is 0 Å². The number of alkyl halides is 1. The molecule has 5 heteroatoms. The van der Waals surface area contributed by atoms with Gasteiger partial charge in [-0.15, -0.1) is 22.9 Å². The molecule has 15 heavy (non-hydrogen) atoms. The first kappa shape index (κ1) is 11.0. The molecule has 0 atom stereocenters. The van der Waals surface area contributed by atoms with Crippen LogP contribution in [-0.4, -0.2) is 29.9 Å². The molecule has 82 valence electrons. The summed E-state index contributed by atoms with van der Waals surface area (Å²) in [6.45, 7) is 1.59. The number of hydrogen-bond donors (Lipinski definition) is 0. The van der Waals surface area contributed by atoms with E-state index in [-0.39, 0.29) is 11.7 Å². The summed E-state index contributed by atoms with van der Waals surface area (Å²) in [5.41, 5.74) is 0.511. The van der Waals surface area contributed by atoms with E-state index in [0.717, 1.165) is 31.1 Å². The fourth-order valence-electron chi connectivity index (χ4n) is 1.62. The van der Waals surface area contributed by atoms with Crippen molar-refractivity contribution < 1.29 is 9.53 Å². The van der Waals surface area contributed by atoms with Crippen molar-refractivity contribution in [3.8, 4) is 0 Å².